The third-order valence-electron chi connectivity index (χ3n) is 1.78. The molecule has 0 amide bonds. The summed E-state index contributed by atoms with van der Waals surface area (Å²) >= 11 is 0. The van der Waals surface area contributed by atoms with Crippen molar-refractivity contribution in [2.24, 2.45) is 5.92 Å². The van der Waals surface area contributed by atoms with E-state index in [9.17, 15) is 0 Å². The first-order chi connectivity index (χ1) is 6.24. The summed E-state index contributed by atoms with van der Waals surface area (Å²) in [5.41, 5.74) is 0. The van der Waals surface area contributed by atoms with Crippen molar-refractivity contribution in [3.8, 4) is 0 Å². The van der Waals surface area contributed by atoms with Crippen molar-refractivity contribution in [3.05, 3.63) is 12.2 Å². The number of rotatable bonds is 7. The second-order valence-corrected chi connectivity index (χ2v) is 3.24. The van der Waals surface area contributed by atoms with E-state index < -0.39 is 0 Å². The Morgan fingerprint density at radius 1 is 1.38 bits per heavy atom. The molecule has 0 heterocycles. The molecule has 0 aliphatic carbocycles. The first-order valence-corrected chi connectivity index (χ1v) is 4.91. The molecule has 0 aliphatic rings. The highest BCUT2D eigenvalue weighted by Crippen LogP contribution is 2.05. The zero-order valence-electron chi connectivity index (χ0n) is 8.53. The van der Waals surface area contributed by atoms with Crippen LogP contribution >= 0.6 is 9.47 Å². The molecule has 0 spiro atoms. The third kappa shape index (κ3) is 7.15. The van der Waals surface area contributed by atoms with Crippen LogP contribution in [0.4, 0.5) is 0 Å². The van der Waals surface area contributed by atoms with Gasteiger partial charge in [0.15, 0.2) is 0 Å². The number of hydrogen-bond acceptors (Lipinski definition) is 3. The first-order valence-electron chi connectivity index (χ1n) is 4.44. The fraction of sp³-hybridized carbons (Fsp3) is 0.778. The van der Waals surface area contributed by atoms with Crippen LogP contribution in [0.1, 0.15) is 20.3 Å². The predicted octanol–water partition coefficient (Wildman–Crippen LogP) is 2.34. The van der Waals surface area contributed by atoms with Crippen molar-refractivity contribution in [1.82, 2.24) is 0 Å². The van der Waals surface area contributed by atoms with Gasteiger partial charge in [-0.3, -0.25) is 0 Å². The lowest BCUT2D eigenvalue weighted by Gasteiger charge is -2.10. The molecule has 3 unspecified atom stereocenters. The Morgan fingerprint density at radius 3 is 2.54 bits per heavy atom. The van der Waals surface area contributed by atoms with Crippen molar-refractivity contribution in [2.75, 3.05) is 13.7 Å². The maximum Gasteiger partial charge on any atom is 0.135 e. The molecule has 3 atom stereocenters. The third-order valence-corrected chi connectivity index (χ3v) is 1.97. The molecule has 0 bridgehead atoms. The van der Waals surface area contributed by atoms with E-state index in [2.05, 4.69) is 34.3 Å². The predicted molar refractivity (Wildman–Crippen MR) is 56.1 cm³/mol. The molecule has 0 aromatic carbocycles. The largest absolute Gasteiger partial charge is 0.362 e. The molecule has 0 N–H and O–H groups in total. The lowest BCUT2D eigenvalue weighted by Crippen LogP contribution is -2.14. The monoisotopic (exact) mass is 206 g/mol. The van der Waals surface area contributed by atoms with Crippen LogP contribution in [0.25, 0.3) is 0 Å². The summed E-state index contributed by atoms with van der Waals surface area (Å²) in [5.74, 6) is 0.562. The average molecular weight is 206 g/mol. The lowest BCUT2D eigenvalue weighted by atomic mass is 10.1. The van der Waals surface area contributed by atoms with Crippen molar-refractivity contribution in [2.45, 2.75) is 26.4 Å². The standard InChI is InChI=1S/C9H19O3P/c1-4-8(2)5-6-9(7-11-13)12-10-3/h5-6,8-9H,4,7,13H2,1-3H3/b6-5+. The fourth-order valence-electron chi connectivity index (χ4n) is 0.784. The molecular formula is C9H19O3P. The molecule has 0 radical (unpaired) electrons. The summed E-state index contributed by atoms with van der Waals surface area (Å²) < 4.78 is 4.88. The summed E-state index contributed by atoms with van der Waals surface area (Å²) in [5, 5.41) is 0. The van der Waals surface area contributed by atoms with E-state index in [1.165, 1.54) is 7.11 Å². The minimum Gasteiger partial charge on any atom is -0.362 e. The molecule has 0 aromatic heterocycles. The molecule has 3 nitrogen and oxygen atoms in total. The van der Waals surface area contributed by atoms with Crippen LogP contribution in [-0.2, 0) is 14.3 Å². The fourth-order valence-corrected chi connectivity index (χ4v) is 0.973. The Balaban J connectivity index is 3.84. The smallest absolute Gasteiger partial charge is 0.135 e. The Hall–Kier alpha value is 0.0500. The van der Waals surface area contributed by atoms with Crippen molar-refractivity contribution in [1.29, 1.82) is 0 Å². The van der Waals surface area contributed by atoms with Gasteiger partial charge in [0.1, 0.15) is 6.10 Å². The van der Waals surface area contributed by atoms with Crippen LogP contribution in [0.2, 0.25) is 0 Å². The summed E-state index contributed by atoms with van der Waals surface area (Å²) in [6.45, 7) is 4.78. The Labute approximate surface area is 82.7 Å². The van der Waals surface area contributed by atoms with Gasteiger partial charge in [-0.25, -0.2) is 9.78 Å². The molecule has 0 aliphatic heterocycles. The van der Waals surface area contributed by atoms with E-state index >= 15 is 0 Å². The van der Waals surface area contributed by atoms with Gasteiger partial charge in [-0.15, -0.1) is 0 Å². The van der Waals surface area contributed by atoms with E-state index in [4.69, 9.17) is 9.41 Å². The summed E-state index contributed by atoms with van der Waals surface area (Å²) in [6.07, 6.45) is 5.06. The van der Waals surface area contributed by atoms with Crippen molar-refractivity contribution < 1.29 is 14.3 Å². The zero-order chi connectivity index (χ0) is 10.1. The first kappa shape index (κ1) is 13.1. The van der Waals surface area contributed by atoms with Gasteiger partial charge in [-0.2, -0.15) is 0 Å². The SMILES string of the molecule is CCC(C)/C=C/C(COP)OOC. The molecular weight excluding hydrogens is 187 g/mol. The molecule has 4 heteroatoms. The van der Waals surface area contributed by atoms with Gasteiger partial charge >= 0.3 is 0 Å². The highest BCUT2D eigenvalue weighted by atomic mass is 31.0. The number of hydrogen-bond donors (Lipinski definition) is 0. The number of allylic oxidation sites excluding steroid dienone is 1. The molecule has 0 rings (SSSR count). The molecule has 0 fully saturated rings. The van der Waals surface area contributed by atoms with E-state index in [0.717, 1.165) is 6.42 Å². The van der Waals surface area contributed by atoms with Gasteiger partial charge in [0, 0.05) is 9.47 Å². The van der Waals surface area contributed by atoms with Gasteiger partial charge in [-0.05, 0) is 5.92 Å². The van der Waals surface area contributed by atoms with Crippen LogP contribution in [-0.4, -0.2) is 19.8 Å². The highest BCUT2D eigenvalue weighted by Gasteiger charge is 2.04. The quantitative estimate of drug-likeness (QED) is 0.277. The lowest BCUT2D eigenvalue weighted by molar-refractivity contribution is -0.296. The van der Waals surface area contributed by atoms with Crippen LogP contribution in [0.15, 0.2) is 12.2 Å². The van der Waals surface area contributed by atoms with E-state index in [1.54, 1.807) is 0 Å². The van der Waals surface area contributed by atoms with Crippen LogP contribution in [0.3, 0.4) is 0 Å². The minimum atomic E-state index is -0.128. The van der Waals surface area contributed by atoms with Crippen LogP contribution < -0.4 is 0 Å². The Bertz CT molecular complexity index is 133. The Kier molecular flexibility index (Phi) is 8.67. The zero-order valence-corrected chi connectivity index (χ0v) is 9.68. The van der Waals surface area contributed by atoms with Gasteiger partial charge in [0.05, 0.1) is 13.7 Å². The van der Waals surface area contributed by atoms with E-state index in [-0.39, 0.29) is 6.10 Å². The van der Waals surface area contributed by atoms with E-state index in [0.29, 0.717) is 12.5 Å². The summed E-state index contributed by atoms with van der Waals surface area (Å²) in [4.78, 5) is 9.53. The highest BCUT2D eigenvalue weighted by molar-refractivity contribution is 7.09. The van der Waals surface area contributed by atoms with E-state index in [1.807, 2.05) is 6.08 Å². The maximum atomic E-state index is 4.95. The summed E-state index contributed by atoms with van der Waals surface area (Å²) in [7, 11) is 3.68. The van der Waals surface area contributed by atoms with Gasteiger partial charge in [0.2, 0.25) is 0 Å². The van der Waals surface area contributed by atoms with Gasteiger partial charge < -0.3 is 4.52 Å². The van der Waals surface area contributed by atoms with Gasteiger partial charge in [0.25, 0.3) is 0 Å². The second kappa shape index (κ2) is 8.64. The van der Waals surface area contributed by atoms with Crippen LogP contribution in [0, 0.1) is 5.92 Å². The summed E-state index contributed by atoms with van der Waals surface area (Å²) in [6, 6.07) is 0. The molecule has 0 aromatic rings. The van der Waals surface area contributed by atoms with Crippen molar-refractivity contribution in [3.63, 3.8) is 0 Å². The normalized spacial score (nSPS) is 16.3. The Morgan fingerprint density at radius 2 is 2.08 bits per heavy atom. The maximum absolute atomic E-state index is 4.95. The topological polar surface area (TPSA) is 27.7 Å². The minimum absolute atomic E-state index is 0.128. The molecule has 78 valence electrons. The second-order valence-electron chi connectivity index (χ2n) is 2.91. The van der Waals surface area contributed by atoms with Crippen LogP contribution in [0.5, 0.6) is 0 Å². The molecule has 0 saturated carbocycles. The van der Waals surface area contributed by atoms with Gasteiger partial charge in [-0.1, -0.05) is 32.4 Å². The average Bonchev–Trinajstić information content (AvgIpc) is 2.14. The molecule has 13 heavy (non-hydrogen) atoms. The molecule has 0 saturated heterocycles. The van der Waals surface area contributed by atoms with Crippen molar-refractivity contribution >= 4 is 9.47 Å².